The number of hydrogen-bond acceptors (Lipinski definition) is 5. The zero-order valence-electron chi connectivity index (χ0n) is 12.5. The van der Waals surface area contributed by atoms with Crippen LogP contribution in [0.1, 0.15) is 5.56 Å². The highest BCUT2D eigenvalue weighted by atomic mass is 19.4. The first-order valence-corrected chi connectivity index (χ1v) is 6.88. The number of anilines is 2. The summed E-state index contributed by atoms with van der Waals surface area (Å²) < 4.78 is 48.1. The SMILES string of the molecule is COc1ccc(-c2nnc(Nc3ccc(C(F)(F)F)cc3)o2)cc1. The molecule has 0 bridgehead atoms. The van der Waals surface area contributed by atoms with Crippen molar-refractivity contribution in [3.8, 4) is 17.2 Å². The Labute approximate surface area is 135 Å². The summed E-state index contributed by atoms with van der Waals surface area (Å²) in [6.07, 6.45) is -4.37. The quantitative estimate of drug-likeness (QED) is 0.760. The first kappa shape index (κ1) is 15.9. The van der Waals surface area contributed by atoms with Crippen LogP contribution in [0.5, 0.6) is 5.75 Å². The molecule has 0 spiro atoms. The number of benzene rings is 2. The van der Waals surface area contributed by atoms with Gasteiger partial charge < -0.3 is 14.5 Å². The van der Waals surface area contributed by atoms with Crippen LogP contribution in [0.4, 0.5) is 24.9 Å². The van der Waals surface area contributed by atoms with Crippen LogP contribution in [0.3, 0.4) is 0 Å². The largest absolute Gasteiger partial charge is 0.497 e. The Kier molecular flexibility index (Phi) is 4.11. The lowest BCUT2D eigenvalue weighted by Gasteiger charge is -2.07. The molecule has 0 saturated heterocycles. The summed E-state index contributed by atoms with van der Waals surface area (Å²) in [5.74, 6) is 0.980. The van der Waals surface area contributed by atoms with Crippen molar-refractivity contribution in [3.05, 3.63) is 54.1 Å². The van der Waals surface area contributed by atoms with Crippen molar-refractivity contribution < 1.29 is 22.3 Å². The van der Waals surface area contributed by atoms with E-state index in [4.69, 9.17) is 9.15 Å². The highest BCUT2D eigenvalue weighted by Gasteiger charge is 2.29. The van der Waals surface area contributed by atoms with Crippen LogP contribution in [0.2, 0.25) is 0 Å². The summed E-state index contributed by atoms with van der Waals surface area (Å²) in [4.78, 5) is 0. The molecule has 0 aliphatic carbocycles. The lowest BCUT2D eigenvalue weighted by Crippen LogP contribution is -2.04. The Hall–Kier alpha value is -3.03. The molecular formula is C16H12F3N3O2. The van der Waals surface area contributed by atoms with E-state index in [1.165, 1.54) is 12.1 Å². The van der Waals surface area contributed by atoms with Gasteiger partial charge >= 0.3 is 12.2 Å². The number of aromatic nitrogens is 2. The van der Waals surface area contributed by atoms with E-state index in [1.54, 1.807) is 31.4 Å². The summed E-state index contributed by atoms with van der Waals surface area (Å²) in [6.45, 7) is 0. The van der Waals surface area contributed by atoms with Gasteiger partial charge in [0, 0.05) is 11.3 Å². The van der Waals surface area contributed by atoms with Crippen LogP contribution in [-0.2, 0) is 6.18 Å². The van der Waals surface area contributed by atoms with Gasteiger partial charge in [-0.3, -0.25) is 0 Å². The van der Waals surface area contributed by atoms with Crippen LogP contribution in [0.25, 0.3) is 11.5 Å². The van der Waals surface area contributed by atoms with Crippen LogP contribution in [0, 0.1) is 0 Å². The highest BCUT2D eigenvalue weighted by molar-refractivity contribution is 5.57. The lowest BCUT2D eigenvalue weighted by atomic mass is 10.2. The minimum Gasteiger partial charge on any atom is -0.497 e. The van der Waals surface area contributed by atoms with E-state index in [0.717, 1.165) is 12.1 Å². The maximum Gasteiger partial charge on any atom is 0.416 e. The lowest BCUT2D eigenvalue weighted by molar-refractivity contribution is -0.137. The number of halogens is 3. The number of rotatable bonds is 4. The molecule has 0 fully saturated rings. The van der Waals surface area contributed by atoms with Gasteiger partial charge in [-0.15, -0.1) is 5.10 Å². The van der Waals surface area contributed by atoms with E-state index in [-0.39, 0.29) is 11.9 Å². The molecule has 8 heteroatoms. The van der Waals surface area contributed by atoms with Crippen LogP contribution >= 0.6 is 0 Å². The van der Waals surface area contributed by atoms with Gasteiger partial charge in [0.25, 0.3) is 0 Å². The Bertz CT molecular complexity index is 812. The maximum atomic E-state index is 12.5. The molecule has 3 aromatic rings. The smallest absolute Gasteiger partial charge is 0.416 e. The van der Waals surface area contributed by atoms with Gasteiger partial charge in [-0.1, -0.05) is 5.10 Å². The van der Waals surface area contributed by atoms with Crippen LogP contribution in [0.15, 0.2) is 52.9 Å². The fraction of sp³-hybridized carbons (Fsp3) is 0.125. The summed E-state index contributed by atoms with van der Waals surface area (Å²) in [5.41, 5.74) is 0.384. The third-order valence-electron chi connectivity index (χ3n) is 3.23. The molecule has 0 aliphatic heterocycles. The Morgan fingerprint density at radius 1 is 0.958 bits per heavy atom. The van der Waals surface area contributed by atoms with Crippen molar-refractivity contribution in [1.82, 2.24) is 10.2 Å². The van der Waals surface area contributed by atoms with Gasteiger partial charge in [-0.05, 0) is 48.5 Å². The number of ether oxygens (including phenoxy) is 1. The highest BCUT2D eigenvalue weighted by Crippen LogP contribution is 2.30. The molecule has 1 heterocycles. The van der Waals surface area contributed by atoms with Gasteiger partial charge in [0.1, 0.15) is 5.75 Å². The average Bonchev–Trinajstić information content (AvgIpc) is 3.03. The van der Waals surface area contributed by atoms with Gasteiger partial charge in [0.15, 0.2) is 0 Å². The summed E-state index contributed by atoms with van der Waals surface area (Å²) in [6, 6.07) is 11.6. The zero-order valence-corrected chi connectivity index (χ0v) is 12.5. The van der Waals surface area contributed by atoms with Gasteiger partial charge in [0.05, 0.1) is 12.7 Å². The number of hydrogen-bond donors (Lipinski definition) is 1. The molecule has 0 aliphatic rings. The Morgan fingerprint density at radius 2 is 1.62 bits per heavy atom. The molecule has 0 radical (unpaired) electrons. The third-order valence-corrected chi connectivity index (χ3v) is 3.23. The third kappa shape index (κ3) is 3.48. The van der Waals surface area contributed by atoms with Gasteiger partial charge in [0.2, 0.25) is 5.89 Å². The van der Waals surface area contributed by atoms with E-state index >= 15 is 0 Å². The normalized spacial score (nSPS) is 11.3. The van der Waals surface area contributed by atoms with Crippen molar-refractivity contribution in [3.63, 3.8) is 0 Å². The second kappa shape index (κ2) is 6.23. The Balaban J connectivity index is 1.73. The number of nitrogens with zero attached hydrogens (tertiary/aromatic N) is 2. The molecule has 124 valence electrons. The first-order valence-electron chi connectivity index (χ1n) is 6.88. The Morgan fingerprint density at radius 3 is 2.21 bits per heavy atom. The van der Waals surface area contributed by atoms with Crippen molar-refractivity contribution in [2.45, 2.75) is 6.18 Å². The minimum atomic E-state index is -4.37. The summed E-state index contributed by atoms with van der Waals surface area (Å²) in [5, 5.41) is 10.5. The molecule has 0 unspecified atom stereocenters. The summed E-state index contributed by atoms with van der Waals surface area (Å²) >= 11 is 0. The van der Waals surface area contributed by atoms with E-state index < -0.39 is 11.7 Å². The molecule has 3 rings (SSSR count). The van der Waals surface area contributed by atoms with Crippen LogP contribution in [-0.4, -0.2) is 17.3 Å². The molecule has 0 amide bonds. The van der Waals surface area contributed by atoms with Crippen molar-refractivity contribution >= 4 is 11.7 Å². The molecule has 2 aromatic carbocycles. The van der Waals surface area contributed by atoms with E-state index in [9.17, 15) is 13.2 Å². The van der Waals surface area contributed by atoms with Crippen molar-refractivity contribution in [2.75, 3.05) is 12.4 Å². The molecule has 1 aromatic heterocycles. The van der Waals surface area contributed by atoms with Crippen molar-refractivity contribution in [2.24, 2.45) is 0 Å². The molecule has 1 N–H and O–H groups in total. The van der Waals surface area contributed by atoms with Crippen molar-refractivity contribution in [1.29, 1.82) is 0 Å². The van der Waals surface area contributed by atoms with Gasteiger partial charge in [-0.2, -0.15) is 13.2 Å². The number of methoxy groups -OCH3 is 1. The standard InChI is InChI=1S/C16H12F3N3O2/c1-23-13-8-2-10(3-9-13)14-21-22-15(24-14)20-12-6-4-11(5-7-12)16(17,18)19/h2-9H,1H3,(H,20,22). The number of alkyl halides is 3. The van der Waals surface area contributed by atoms with Crippen LogP contribution < -0.4 is 10.1 Å². The molecule has 24 heavy (non-hydrogen) atoms. The molecule has 0 atom stereocenters. The second-order valence-corrected chi connectivity index (χ2v) is 4.84. The van der Waals surface area contributed by atoms with Gasteiger partial charge in [-0.25, -0.2) is 0 Å². The minimum absolute atomic E-state index is 0.0839. The average molecular weight is 335 g/mol. The second-order valence-electron chi connectivity index (χ2n) is 4.84. The molecular weight excluding hydrogens is 323 g/mol. The first-order chi connectivity index (χ1) is 11.5. The fourth-order valence-electron chi connectivity index (χ4n) is 1.99. The fourth-order valence-corrected chi connectivity index (χ4v) is 1.99. The predicted molar refractivity (Wildman–Crippen MR) is 81.0 cm³/mol. The van der Waals surface area contributed by atoms with E-state index in [0.29, 0.717) is 17.0 Å². The van der Waals surface area contributed by atoms with E-state index in [1.807, 2.05) is 0 Å². The zero-order chi connectivity index (χ0) is 17.2. The topological polar surface area (TPSA) is 60.2 Å². The maximum absolute atomic E-state index is 12.5. The number of nitrogens with one attached hydrogen (secondary N) is 1. The summed E-state index contributed by atoms with van der Waals surface area (Å²) in [7, 11) is 1.56. The van der Waals surface area contributed by atoms with E-state index in [2.05, 4.69) is 15.5 Å². The molecule has 0 saturated carbocycles. The monoisotopic (exact) mass is 335 g/mol. The molecule has 5 nitrogen and oxygen atoms in total. The predicted octanol–water partition coefficient (Wildman–Crippen LogP) is 4.51.